The monoisotopic (exact) mass is 410 g/mol. The molecule has 0 aliphatic heterocycles. The molecule has 162 valence electrons. The summed E-state index contributed by atoms with van der Waals surface area (Å²) < 4.78 is 0. The number of hydrogen-bond donors (Lipinski definition) is 0. The Labute approximate surface area is 190 Å². The van der Waals surface area contributed by atoms with Crippen molar-refractivity contribution in [3.8, 4) is 0 Å². The van der Waals surface area contributed by atoms with Crippen LogP contribution in [0.1, 0.15) is 62.8 Å². The standard InChI is InChI=1S/C24H26.C5H6.C2H6/c1-6-7-18(2)12-17-24(23-15-10-20(4)11-16-23)21(5)22-13-8-19(3)9-14-22;1-2-4-5-3-1;1-2/h6-17H,1H2,2-5H3;1,5H,2,4H2;1-2H3/b17-12-,18-7-,24-21-;;. The van der Waals surface area contributed by atoms with E-state index in [0.717, 1.165) is 0 Å². The van der Waals surface area contributed by atoms with Crippen LogP contribution in [0.3, 0.4) is 0 Å². The first-order valence-corrected chi connectivity index (χ1v) is 11.2. The Morgan fingerprint density at radius 3 is 1.68 bits per heavy atom. The first kappa shape index (κ1) is 26.0. The zero-order valence-corrected chi connectivity index (χ0v) is 20.2. The van der Waals surface area contributed by atoms with E-state index in [9.17, 15) is 0 Å². The van der Waals surface area contributed by atoms with Crippen molar-refractivity contribution in [3.63, 3.8) is 0 Å². The molecule has 0 nitrogen and oxygen atoms in total. The Balaban J connectivity index is 0.000000589. The van der Waals surface area contributed by atoms with Gasteiger partial charge in [-0.15, -0.1) is 5.73 Å². The van der Waals surface area contributed by atoms with Crippen LogP contribution in [-0.4, -0.2) is 0 Å². The third-order valence-corrected chi connectivity index (χ3v) is 4.84. The van der Waals surface area contributed by atoms with Crippen LogP contribution in [0.5, 0.6) is 0 Å². The molecule has 0 saturated heterocycles. The summed E-state index contributed by atoms with van der Waals surface area (Å²) in [5, 5.41) is 0. The van der Waals surface area contributed by atoms with Gasteiger partial charge in [-0.25, -0.2) is 0 Å². The Morgan fingerprint density at radius 2 is 1.26 bits per heavy atom. The van der Waals surface area contributed by atoms with Gasteiger partial charge in [-0.05, 0) is 75.0 Å². The Kier molecular flexibility index (Phi) is 12.4. The molecule has 0 bridgehead atoms. The number of rotatable bonds is 5. The van der Waals surface area contributed by atoms with E-state index in [1.54, 1.807) is 0 Å². The smallest absolute Gasteiger partial charge is 0.0149 e. The lowest BCUT2D eigenvalue weighted by molar-refractivity contribution is 1.09. The first-order chi connectivity index (χ1) is 15.0. The maximum atomic E-state index is 3.76. The molecule has 0 radical (unpaired) electrons. The highest BCUT2D eigenvalue weighted by molar-refractivity contribution is 5.95. The maximum Gasteiger partial charge on any atom is -0.0149 e. The normalized spacial score (nSPS) is 13.2. The number of allylic oxidation sites excluding steroid dienone is 8. The topological polar surface area (TPSA) is 0 Å². The minimum absolute atomic E-state index is 1.19. The predicted octanol–water partition coefficient (Wildman–Crippen LogP) is 9.44. The van der Waals surface area contributed by atoms with Crippen molar-refractivity contribution in [1.82, 2.24) is 0 Å². The van der Waals surface area contributed by atoms with Gasteiger partial charge in [0.15, 0.2) is 0 Å². The Bertz CT molecular complexity index is 944. The van der Waals surface area contributed by atoms with Crippen LogP contribution in [0.25, 0.3) is 11.1 Å². The molecule has 0 heterocycles. The molecule has 0 N–H and O–H groups in total. The van der Waals surface area contributed by atoms with Crippen LogP contribution >= 0.6 is 0 Å². The second-order valence-corrected chi connectivity index (χ2v) is 7.40. The van der Waals surface area contributed by atoms with E-state index >= 15 is 0 Å². The van der Waals surface area contributed by atoms with Gasteiger partial charge in [-0.2, -0.15) is 0 Å². The summed E-state index contributed by atoms with van der Waals surface area (Å²) in [5.41, 5.74) is 11.7. The first-order valence-electron chi connectivity index (χ1n) is 11.2. The fourth-order valence-electron chi connectivity index (χ4n) is 3.00. The van der Waals surface area contributed by atoms with E-state index in [1.165, 1.54) is 51.8 Å². The summed E-state index contributed by atoms with van der Waals surface area (Å²) in [7, 11) is 0. The molecule has 0 saturated carbocycles. The van der Waals surface area contributed by atoms with Gasteiger partial charge in [-0.3, -0.25) is 0 Å². The van der Waals surface area contributed by atoms with E-state index < -0.39 is 0 Å². The lowest BCUT2D eigenvalue weighted by Gasteiger charge is -2.11. The summed E-state index contributed by atoms with van der Waals surface area (Å²) in [6.07, 6.45) is 14.7. The van der Waals surface area contributed by atoms with E-state index in [4.69, 9.17) is 0 Å². The van der Waals surface area contributed by atoms with Crippen LogP contribution < -0.4 is 0 Å². The third kappa shape index (κ3) is 9.51. The molecule has 0 atom stereocenters. The average Bonchev–Trinajstić information content (AvgIpc) is 3.37. The molecule has 0 fully saturated rings. The van der Waals surface area contributed by atoms with Gasteiger partial charge in [0, 0.05) is 0 Å². The summed E-state index contributed by atoms with van der Waals surface area (Å²) >= 11 is 0. The molecule has 0 unspecified atom stereocenters. The molecule has 31 heavy (non-hydrogen) atoms. The molecule has 1 aliphatic rings. The molecule has 2 aromatic carbocycles. The zero-order chi connectivity index (χ0) is 23.1. The summed E-state index contributed by atoms with van der Waals surface area (Å²) in [5.74, 6) is 0. The van der Waals surface area contributed by atoms with Gasteiger partial charge in [0.2, 0.25) is 0 Å². The van der Waals surface area contributed by atoms with E-state index in [2.05, 4.69) is 113 Å². The van der Waals surface area contributed by atoms with Crippen LogP contribution in [0.4, 0.5) is 0 Å². The van der Waals surface area contributed by atoms with E-state index in [-0.39, 0.29) is 0 Å². The van der Waals surface area contributed by atoms with Gasteiger partial charge in [0.05, 0.1) is 0 Å². The average molecular weight is 411 g/mol. The third-order valence-electron chi connectivity index (χ3n) is 4.84. The van der Waals surface area contributed by atoms with Gasteiger partial charge >= 0.3 is 0 Å². The Hall–Kier alpha value is -3.08. The van der Waals surface area contributed by atoms with Gasteiger partial charge < -0.3 is 0 Å². The summed E-state index contributed by atoms with van der Waals surface area (Å²) in [4.78, 5) is 0. The van der Waals surface area contributed by atoms with Crippen molar-refractivity contribution in [2.45, 2.75) is 54.4 Å². The minimum atomic E-state index is 1.19. The maximum absolute atomic E-state index is 3.76. The zero-order valence-electron chi connectivity index (χ0n) is 20.2. The molecular formula is C31H38. The molecule has 2 aromatic rings. The summed E-state index contributed by atoms with van der Waals surface area (Å²) in [6.45, 7) is 16.3. The molecule has 0 spiro atoms. The predicted molar refractivity (Wildman–Crippen MR) is 141 cm³/mol. The van der Waals surface area contributed by atoms with Gasteiger partial charge in [0.1, 0.15) is 0 Å². The summed E-state index contributed by atoms with van der Waals surface area (Å²) in [6, 6.07) is 17.4. The fourth-order valence-corrected chi connectivity index (χ4v) is 3.00. The molecule has 0 heteroatoms. The van der Waals surface area contributed by atoms with Gasteiger partial charge in [-0.1, -0.05) is 110 Å². The second-order valence-electron chi connectivity index (χ2n) is 7.40. The Morgan fingerprint density at radius 1 is 0.774 bits per heavy atom. The van der Waals surface area contributed by atoms with Crippen LogP contribution in [0.15, 0.2) is 103 Å². The molecule has 3 rings (SSSR count). The van der Waals surface area contributed by atoms with Crippen molar-refractivity contribution in [2.75, 3.05) is 0 Å². The number of aryl methyl sites for hydroxylation is 2. The largest absolute Gasteiger partial charge is 0.130 e. The number of hydrogen-bond acceptors (Lipinski definition) is 0. The van der Waals surface area contributed by atoms with Crippen LogP contribution in [0, 0.1) is 13.8 Å². The highest BCUT2D eigenvalue weighted by Crippen LogP contribution is 2.28. The van der Waals surface area contributed by atoms with Crippen LogP contribution in [0.2, 0.25) is 0 Å². The quantitative estimate of drug-likeness (QED) is 0.261. The van der Waals surface area contributed by atoms with E-state index in [1.807, 2.05) is 26.0 Å². The number of benzene rings is 2. The fraction of sp³-hybridized carbons (Fsp3) is 0.258. The lowest BCUT2D eigenvalue weighted by Crippen LogP contribution is -1.89. The van der Waals surface area contributed by atoms with E-state index in [0.29, 0.717) is 0 Å². The molecule has 1 aliphatic carbocycles. The van der Waals surface area contributed by atoms with Crippen molar-refractivity contribution in [3.05, 3.63) is 125 Å². The van der Waals surface area contributed by atoms with Gasteiger partial charge in [0.25, 0.3) is 0 Å². The van der Waals surface area contributed by atoms with Crippen molar-refractivity contribution in [2.24, 2.45) is 0 Å². The molecular weight excluding hydrogens is 372 g/mol. The second kappa shape index (κ2) is 14.8. The molecule has 0 amide bonds. The van der Waals surface area contributed by atoms with Crippen molar-refractivity contribution in [1.29, 1.82) is 0 Å². The minimum Gasteiger partial charge on any atom is -0.130 e. The lowest BCUT2D eigenvalue weighted by atomic mass is 9.94. The molecule has 0 aromatic heterocycles. The highest BCUT2D eigenvalue weighted by atomic mass is 14.1. The SMILES string of the molecule is C1=CCCC=1.C=C\C=C(C)/C=C\C(=C(/C)c1ccc(C)cc1)c1ccc(C)cc1.CC. The van der Waals surface area contributed by atoms with Crippen molar-refractivity contribution < 1.29 is 0 Å². The highest BCUT2D eigenvalue weighted by Gasteiger charge is 2.05. The van der Waals surface area contributed by atoms with Crippen molar-refractivity contribution >= 4 is 11.1 Å². The van der Waals surface area contributed by atoms with Crippen LogP contribution in [-0.2, 0) is 0 Å².